The van der Waals surface area contributed by atoms with E-state index in [1.54, 1.807) is 0 Å². The predicted octanol–water partition coefficient (Wildman–Crippen LogP) is 3.35. The summed E-state index contributed by atoms with van der Waals surface area (Å²) in [5, 5.41) is 0. The number of hydrogen-bond acceptors (Lipinski definition) is 2. The molecule has 0 aromatic heterocycles. The van der Waals surface area contributed by atoms with Gasteiger partial charge in [-0.1, -0.05) is 36.4 Å². The molecular formula is C15H17IN2. The van der Waals surface area contributed by atoms with Gasteiger partial charge in [-0.05, 0) is 64.8 Å². The summed E-state index contributed by atoms with van der Waals surface area (Å²) < 4.78 is 1.25. The van der Waals surface area contributed by atoms with Crippen LogP contribution in [0.25, 0.3) is 0 Å². The monoisotopic (exact) mass is 352 g/mol. The Morgan fingerprint density at radius 2 is 1.78 bits per heavy atom. The number of halogens is 1. The SMILES string of the molecule is Cc1ccccc1C(Cc1ccc(I)cc1)NN. The fourth-order valence-electron chi connectivity index (χ4n) is 2.09. The first-order valence-corrected chi connectivity index (χ1v) is 7.04. The molecule has 0 bridgehead atoms. The molecule has 0 amide bonds. The predicted molar refractivity (Wildman–Crippen MR) is 84.1 cm³/mol. The molecule has 0 radical (unpaired) electrons. The summed E-state index contributed by atoms with van der Waals surface area (Å²) in [6, 6.07) is 17.1. The van der Waals surface area contributed by atoms with Crippen molar-refractivity contribution in [3.05, 3.63) is 68.8 Å². The summed E-state index contributed by atoms with van der Waals surface area (Å²) in [5.41, 5.74) is 6.75. The average Bonchev–Trinajstić information content (AvgIpc) is 2.39. The van der Waals surface area contributed by atoms with Crippen molar-refractivity contribution in [2.24, 2.45) is 5.84 Å². The first kappa shape index (κ1) is 13.5. The molecule has 18 heavy (non-hydrogen) atoms. The van der Waals surface area contributed by atoms with E-state index in [1.807, 2.05) is 0 Å². The fourth-order valence-corrected chi connectivity index (χ4v) is 2.45. The van der Waals surface area contributed by atoms with Crippen LogP contribution in [-0.2, 0) is 6.42 Å². The van der Waals surface area contributed by atoms with Crippen LogP contribution < -0.4 is 11.3 Å². The number of benzene rings is 2. The molecule has 0 fully saturated rings. The van der Waals surface area contributed by atoms with Gasteiger partial charge >= 0.3 is 0 Å². The standard InChI is InChI=1S/C15H17IN2/c1-11-4-2-3-5-14(11)15(18-17)10-12-6-8-13(16)9-7-12/h2-9,15,18H,10,17H2,1H3. The van der Waals surface area contributed by atoms with E-state index >= 15 is 0 Å². The van der Waals surface area contributed by atoms with Gasteiger partial charge in [-0.15, -0.1) is 0 Å². The van der Waals surface area contributed by atoms with Crippen LogP contribution >= 0.6 is 22.6 Å². The van der Waals surface area contributed by atoms with Gasteiger partial charge in [-0.25, -0.2) is 0 Å². The Labute approximate surface area is 122 Å². The van der Waals surface area contributed by atoms with Crippen LogP contribution in [0.4, 0.5) is 0 Å². The van der Waals surface area contributed by atoms with Crippen LogP contribution in [0.2, 0.25) is 0 Å². The smallest absolute Gasteiger partial charge is 0.0502 e. The topological polar surface area (TPSA) is 38.0 Å². The van der Waals surface area contributed by atoms with Crippen LogP contribution in [0.1, 0.15) is 22.7 Å². The highest BCUT2D eigenvalue weighted by Crippen LogP contribution is 2.21. The molecule has 1 atom stereocenters. The zero-order chi connectivity index (χ0) is 13.0. The molecule has 2 rings (SSSR count). The van der Waals surface area contributed by atoms with Gasteiger partial charge in [0.2, 0.25) is 0 Å². The Morgan fingerprint density at radius 3 is 2.39 bits per heavy atom. The van der Waals surface area contributed by atoms with Crippen LogP contribution in [0.3, 0.4) is 0 Å². The summed E-state index contributed by atoms with van der Waals surface area (Å²) in [5.74, 6) is 5.70. The minimum atomic E-state index is 0.159. The van der Waals surface area contributed by atoms with Gasteiger partial charge in [0.25, 0.3) is 0 Å². The second-order valence-corrected chi connectivity index (χ2v) is 5.65. The zero-order valence-corrected chi connectivity index (χ0v) is 12.5. The third-order valence-corrected chi connectivity index (χ3v) is 3.84. The van der Waals surface area contributed by atoms with E-state index in [1.165, 1.54) is 20.3 Å². The van der Waals surface area contributed by atoms with Gasteiger partial charge in [0.15, 0.2) is 0 Å². The Balaban J connectivity index is 2.20. The van der Waals surface area contributed by atoms with Crippen molar-refractivity contribution in [2.45, 2.75) is 19.4 Å². The third kappa shape index (κ3) is 3.31. The Morgan fingerprint density at radius 1 is 1.11 bits per heavy atom. The highest BCUT2D eigenvalue weighted by Gasteiger charge is 2.12. The molecule has 0 heterocycles. The van der Waals surface area contributed by atoms with Gasteiger partial charge in [-0.3, -0.25) is 11.3 Å². The lowest BCUT2D eigenvalue weighted by atomic mass is 9.96. The second-order valence-electron chi connectivity index (χ2n) is 4.41. The molecule has 0 aliphatic heterocycles. The molecular weight excluding hydrogens is 335 g/mol. The summed E-state index contributed by atoms with van der Waals surface area (Å²) in [6.45, 7) is 2.12. The van der Waals surface area contributed by atoms with E-state index in [0.717, 1.165) is 6.42 Å². The van der Waals surface area contributed by atoms with E-state index < -0.39 is 0 Å². The van der Waals surface area contributed by atoms with Crippen molar-refractivity contribution in [3.8, 4) is 0 Å². The minimum absolute atomic E-state index is 0.159. The van der Waals surface area contributed by atoms with Gasteiger partial charge in [0.05, 0.1) is 6.04 Å². The molecule has 0 aliphatic rings. The van der Waals surface area contributed by atoms with Crippen molar-refractivity contribution in [3.63, 3.8) is 0 Å². The number of nitrogens with two attached hydrogens (primary N) is 1. The molecule has 3 N–H and O–H groups in total. The second kappa shape index (κ2) is 6.31. The van der Waals surface area contributed by atoms with E-state index in [4.69, 9.17) is 5.84 Å². The molecule has 94 valence electrons. The lowest BCUT2D eigenvalue weighted by Crippen LogP contribution is -2.30. The fraction of sp³-hybridized carbons (Fsp3) is 0.200. The number of rotatable bonds is 4. The maximum Gasteiger partial charge on any atom is 0.0502 e. The Bertz CT molecular complexity index is 508. The first-order valence-electron chi connectivity index (χ1n) is 5.97. The molecule has 2 nitrogen and oxygen atoms in total. The first-order chi connectivity index (χ1) is 8.70. The molecule has 0 spiro atoms. The van der Waals surface area contributed by atoms with E-state index in [0.29, 0.717) is 0 Å². The molecule has 0 saturated heterocycles. The van der Waals surface area contributed by atoms with Crippen LogP contribution in [0, 0.1) is 10.5 Å². The van der Waals surface area contributed by atoms with E-state index in [2.05, 4.69) is 83.5 Å². The van der Waals surface area contributed by atoms with Crippen molar-refractivity contribution < 1.29 is 0 Å². The lowest BCUT2D eigenvalue weighted by molar-refractivity contribution is 0.549. The van der Waals surface area contributed by atoms with E-state index in [-0.39, 0.29) is 6.04 Å². The number of aryl methyl sites for hydroxylation is 1. The van der Waals surface area contributed by atoms with Gasteiger partial charge in [-0.2, -0.15) is 0 Å². The summed E-state index contributed by atoms with van der Waals surface area (Å²) in [6.07, 6.45) is 0.901. The quantitative estimate of drug-likeness (QED) is 0.503. The molecule has 1 unspecified atom stereocenters. The number of hydrazine groups is 1. The molecule has 3 heteroatoms. The molecule has 2 aromatic carbocycles. The average molecular weight is 352 g/mol. The maximum absolute atomic E-state index is 5.70. The summed E-state index contributed by atoms with van der Waals surface area (Å²) >= 11 is 2.32. The third-order valence-electron chi connectivity index (χ3n) is 3.12. The zero-order valence-electron chi connectivity index (χ0n) is 10.4. The van der Waals surface area contributed by atoms with Crippen molar-refractivity contribution in [1.29, 1.82) is 0 Å². The largest absolute Gasteiger partial charge is 0.271 e. The highest BCUT2D eigenvalue weighted by atomic mass is 127. The molecule has 0 aliphatic carbocycles. The number of nitrogens with one attached hydrogen (secondary N) is 1. The normalized spacial score (nSPS) is 12.4. The minimum Gasteiger partial charge on any atom is -0.271 e. The van der Waals surface area contributed by atoms with Crippen LogP contribution in [0.15, 0.2) is 48.5 Å². The summed E-state index contributed by atoms with van der Waals surface area (Å²) in [4.78, 5) is 0. The lowest BCUT2D eigenvalue weighted by Gasteiger charge is -2.18. The van der Waals surface area contributed by atoms with Gasteiger partial charge in [0, 0.05) is 3.57 Å². The van der Waals surface area contributed by atoms with Gasteiger partial charge < -0.3 is 0 Å². The summed E-state index contributed by atoms with van der Waals surface area (Å²) in [7, 11) is 0. The van der Waals surface area contributed by atoms with Crippen molar-refractivity contribution in [1.82, 2.24) is 5.43 Å². The van der Waals surface area contributed by atoms with Gasteiger partial charge in [0.1, 0.15) is 0 Å². The Hall–Kier alpha value is -0.910. The highest BCUT2D eigenvalue weighted by molar-refractivity contribution is 14.1. The van der Waals surface area contributed by atoms with E-state index in [9.17, 15) is 0 Å². The van der Waals surface area contributed by atoms with Crippen LogP contribution in [0.5, 0.6) is 0 Å². The van der Waals surface area contributed by atoms with Crippen LogP contribution in [-0.4, -0.2) is 0 Å². The molecule has 0 saturated carbocycles. The van der Waals surface area contributed by atoms with Crippen molar-refractivity contribution in [2.75, 3.05) is 0 Å². The number of hydrogen-bond donors (Lipinski definition) is 2. The maximum atomic E-state index is 5.70. The molecule has 2 aromatic rings. The Kier molecular flexibility index (Phi) is 4.74. The van der Waals surface area contributed by atoms with Crippen molar-refractivity contribution >= 4 is 22.6 Å².